The number of nitrogens with zero attached hydrogens (tertiary/aromatic N) is 3. The van der Waals surface area contributed by atoms with E-state index in [1.165, 1.54) is 17.2 Å². The first-order valence-corrected chi connectivity index (χ1v) is 6.66. The van der Waals surface area contributed by atoms with Crippen molar-refractivity contribution in [2.75, 3.05) is 18.4 Å². The predicted molar refractivity (Wildman–Crippen MR) is 72.5 cm³/mol. The van der Waals surface area contributed by atoms with Gasteiger partial charge in [-0.3, -0.25) is 0 Å². The fourth-order valence-electron chi connectivity index (χ4n) is 2.57. The maximum Gasteiger partial charge on any atom is 0.349 e. The van der Waals surface area contributed by atoms with Crippen LogP contribution in [0.25, 0.3) is 5.65 Å². The molecule has 1 saturated heterocycles. The van der Waals surface area contributed by atoms with Gasteiger partial charge < -0.3 is 10.6 Å². The normalized spacial score (nSPS) is 19.1. The topological polar surface area (TPSA) is 87.1 Å². The second kappa shape index (κ2) is 5.00. The first kappa shape index (κ1) is 12.2. The van der Waals surface area contributed by atoms with Crippen molar-refractivity contribution >= 4 is 11.5 Å². The number of aryl methyl sites for hydroxylation is 1. The van der Waals surface area contributed by atoms with Crippen LogP contribution in [0.1, 0.15) is 25.1 Å². The lowest BCUT2D eigenvalue weighted by Crippen LogP contribution is -2.24. The highest BCUT2D eigenvalue weighted by atomic mass is 16.1. The van der Waals surface area contributed by atoms with Crippen molar-refractivity contribution in [3.05, 3.63) is 22.4 Å². The second-order valence-corrected chi connectivity index (χ2v) is 4.92. The molecule has 1 aliphatic heterocycles. The van der Waals surface area contributed by atoms with E-state index < -0.39 is 0 Å². The molecule has 1 atom stereocenters. The monoisotopic (exact) mass is 262 g/mol. The maximum atomic E-state index is 11.5. The molecule has 1 fully saturated rings. The number of rotatable bonds is 4. The molecule has 0 aromatic carbocycles. The lowest BCUT2D eigenvalue weighted by atomic mass is 10.1. The Bertz CT molecular complexity index is 625. The summed E-state index contributed by atoms with van der Waals surface area (Å²) in [5.74, 6) is 1.40. The van der Waals surface area contributed by atoms with E-state index in [2.05, 4.69) is 25.8 Å². The fourth-order valence-corrected chi connectivity index (χ4v) is 2.57. The molecule has 1 aliphatic rings. The summed E-state index contributed by atoms with van der Waals surface area (Å²) in [5.41, 5.74) is 0.348. The summed E-state index contributed by atoms with van der Waals surface area (Å²) in [4.78, 5) is 15.8. The SMILES string of the molecule is Cc1nc(NCCC2CCCN2)cc2n[nH]c(=O)n12. The van der Waals surface area contributed by atoms with Crippen molar-refractivity contribution in [2.24, 2.45) is 0 Å². The Morgan fingerprint density at radius 2 is 2.47 bits per heavy atom. The molecular weight excluding hydrogens is 244 g/mol. The van der Waals surface area contributed by atoms with E-state index >= 15 is 0 Å². The minimum atomic E-state index is -0.248. The average molecular weight is 262 g/mol. The Hall–Kier alpha value is -1.89. The van der Waals surface area contributed by atoms with Gasteiger partial charge in [-0.05, 0) is 32.7 Å². The summed E-state index contributed by atoms with van der Waals surface area (Å²) in [6, 6.07) is 2.40. The number of H-pyrrole nitrogens is 1. The van der Waals surface area contributed by atoms with Crippen molar-refractivity contribution in [1.29, 1.82) is 0 Å². The number of nitrogens with one attached hydrogen (secondary N) is 3. The zero-order valence-corrected chi connectivity index (χ0v) is 10.9. The Morgan fingerprint density at radius 3 is 3.26 bits per heavy atom. The molecule has 2 aromatic rings. The van der Waals surface area contributed by atoms with Gasteiger partial charge in [-0.1, -0.05) is 0 Å². The van der Waals surface area contributed by atoms with Gasteiger partial charge in [0.2, 0.25) is 0 Å². The minimum absolute atomic E-state index is 0.248. The van der Waals surface area contributed by atoms with E-state index in [0.29, 0.717) is 17.5 Å². The van der Waals surface area contributed by atoms with Gasteiger partial charge in [0.25, 0.3) is 0 Å². The van der Waals surface area contributed by atoms with Crippen LogP contribution in [0.15, 0.2) is 10.9 Å². The third kappa shape index (κ3) is 2.46. The first-order chi connectivity index (χ1) is 9.24. The molecule has 0 radical (unpaired) electrons. The van der Waals surface area contributed by atoms with Gasteiger partial charge in [0.1, 0.15) is 11.6 Å². The van der Waals surface area contributed by atoms with E-state index in [1.54, 1.807) is 13.0 Å². The van der Waals surface area contributed by atoms with Gasteiger partial charge in [-0.2, -0.15) is 5.10 Å². The Kier molecular flexibility index (Phi) is 3.20. The molecule has 7 nitrogen and oxygen atoms in total. The first-order valence-electron chi connectivity index (χ1n) is 6.66. The van der Waals surface area contributed by atoms with E-state index in [4.69, 9.17) is 0 Å². The number of hydrogen-bond acceptors (Lipinski definition) is 5. The van der Waals surface area contributed by atoms with E-state index in [-0.39, 0.29) is 5.69 Å². The zero-order valence-electron chi connectivity index (χ0n) is 10.9. The second-order valence-electron chi connectivity index (χ2n) is 4.92. The molecule has 0 aliphatic carbocycles. The molecule has 3 heterocycles. The van der Waals surface area contributed by atoms with Crippen LogP contribution in [0.3, 0.4) is 0 Å². The van der Waals surface area contributed by atoms with Crippen molar-refractivity contribution in [2.45, 2.75) is 32.2 Å². The van der Waals surface area contributed by atoms with Gasteiger partial charge in [0.15, 0.2) is 5.65 Å². The van der Waals surface area contributed by atoms with E-state index in [1.807, 2.05) is 0 Å². The fraction of sp³-hybridized carbons (Fsp3) is 0.583. The van der Waals surface area contributed by atoms with Gasteiger partial charge >= 0.3 is 5.69 Å². The summed E-state index contributed by atoms with van der Waals surface area (Å²) in [7, 11) is 0. The predicted octanol–water partition coefficient (Wildman–Crippen LogP) is 0.280. The van der Waals surface area contributed by atoms with Crippen molar-refractivity contribution in [1.82, 2.24) is 24.9 Å². The van der Waals surface area contributed by atoms with Crippen LogP contribution >= 0.6 is 0 Å². The lowest BCUT2D eigenvalue weighted by molar-refractivity contribution is 0.574. The third-order valence-electron chi connectivity index (χ3n) is 3.53. The summed E-state index contributed by atoms with van der Waals surface area (Å²) in [6.45, 7) is 3.80. The van der Waals surface area contributed by atoms with Crippen LogP contribution in [0.2, 0.25) is 0 Å². The Balaban J connectivity index is 1.69. The highest BCUT2D eigenvalue weighted by Crippen LogP contribution is 2.11. The highest BCUT2D eigenvalue weighted by Gasteiger charge is 2.13. The molecule has 19 heavy (non-hydrogen) atoms. The standard InChI is InChI=1S/C12H18N6O/c1-8-15-10(7-11-16-17-12(19)18(8)11)14-6-4-9-3-2-5-13-9/h7,9,13-14H,2-6H2,1H3,(H,17,19). The van der Waals surface area contributed by atoms with Crippen LogP contribution in [0, 0.1) is 6.92 Å². The van der Waals surface area contributed by atoms with Gasteiger partial charge in [0, 0.05) is 18.7 Å². The molecule has 102 valence electrons. The summed E-state index contributed by atoms with van der Waals surface area (Å²) in [6.07, 6.45) is 3.60. The minimum Gasteiger partial charge on any atom is -0.370 e. The van der Waals surface area contributed by atoms with Crippen LogP contribution in [0.5, 0.6) is 0 Å². The molecule has 0 spiro atoms. The largest absolute Gasteiger partial charge is 0.370 e. The van der Waals surface area contributed by atoms with Crippen molar-refractivity contribution in [3.8, 4) is 0 Å². The molecule has 3 rings (SSSR count). The summed E-state index contributed by atoms with van der Waals surface area (Å²) >= 11 is 0. The van der Waals surface area contributed by atoms with E-state index in [0.717, 1.165) is 25.3 Å². The molecule has 3 N–H and O–H groups in total. The third-order valence-corrected chi connectivity index (χ3v) is 3.53. The van der Waals surface area contributed by atoms with Crippen LogP contribution in [0.4, 0.5) is 5.82 Å². The average Bonchev–Trinajstić information content (AvgIpc) is 3.00. The van der Waals surface area contributed by atoms with Gasteiger partial charge in [-0.15, -0.1) is 0 Å². The number of hydrogen-bond donors (Lipinski definition) is 3. The smallest absolute Gasteiger partial charge is 0.349 e. The maximum absolute atomic E-state index is 11.5. The summed E-state index contributed by atoms with van der Waals surface area (Å²) < 4.78 is 1.46. The quantitative estimate of drug-likeness (QED) is 0.736. The number of fused-ring (bicyclic) bond motifs is 1. The number of anilines is 1. The molecule has 0 bridgehead atoms. The number of aromatic nitrogens is 4. The molecule has 0 amide bonds. The number of aromatic amines is 1. The van der Waals surface area contributed by atoms with E-state index in [9.17, 15) is 4.79 Å². The molecule has 1 unspecified atom stereocenters. The highest BCUT2D eigenvalue weighted by molar-refractivity contribution is 5.49. The van der Waals surface area contributed by atoms with Gasteiger partial charge in [0.05, 0.1) is 0 Å². The van der Waals surface area contributed by atoms with Crippen LogP contribution in [-0.4, -0.2) is 38.7 Å². The Labute approximate surface area is 110 Å². The molecule has 2 aromatic heterocycles. The van der Waals surface area contributed by atoms with Crippen molar-refractivity contribution in [3.63, 3.8) is 0 Å². The molecular formula is C12H18N6O. The zero-order chi connectivity index (χ0) is 13.2. The lowest BCUT2D eigenvalue weighted by Gasteiger charge is -2.11. The van der Waals surface area contributed by atoms with Gasteiger partial charge in [-0.25, -0.2) is 19.3 Å². The van der Waals surface area contributed by atoms with Crippen molar-refractivity contribution < 1.29 is 0 Å². The molecule has 7 heteroatoms. The summed E-state index contributed by atoms with van der Waals surface area (Å²) in [5, 5.41) is 13.1. The van der Waals surface area contributed by atoms with Crippen LogP contribution in [-0.2, 0) is 0 Å². The molecule has 0 saturated carbocycles. The van der Waals surface area contributed by atoms with Crippen LogP contribution < -0.4 is 16.3 Å². The Morgan fingerprint density at radius 1 is 1.58 bits per heavy atom.